The Hall–Kier alpha value is -2.37. The first-order valence-corrected chi connectivity index (χ1v) is 10.1. The number of nitrogens with zero attached hydrogens (tertiary/aromatic N) is 2. The molecule has 1 N–H and O–H groups in total. The van der Waals surface area contributed by atoms with Gasteiger partial charge in [0.2, 0.25) is 5.91 Å². The zero-order valence-electron chi connectivity index (χ0n) is 16.9. The summed E-state index contributed by atoms with van der Waals surface area (Å²) in [7, 11) is 0. The normalized spacial score (nSPS) is 15.5. The highest BCUT2D eigenvalue weighted by molar-refractivity contribution is 5.93. The van der Waals surface area contributed by atoms with Crippen molar-refractivity contribution < 1.29 is 9.53 Å². The molecule has 28 heavy (non-hydrogen) atoms. The summed E-state index contributed by atoms with van der Waals surface area (Å²) in [6.07, 6.45) is 0. The van der Waals surface area contributed by atoms with Crippen LogP contribution in [0.5, 0.6) is 5.75 Å². The summed E-state index contributed by atoms with van der Waals surface area (Å²) in [5.41, 5.74) is 2.11. The number of piperazine rings is 1. The summed E-state index contributed by atoms with van der Waals surface area (Å²) < 4.78 is 5.78. The molecule has 1 fully saturated rings. The van der Waals surface area contributed by atoms with Crippen molar-refractivity contribution in [2.45, 2.75) is 19.8 Å². The highest BCUT2D eigenvalue weighted by Gasteiger charge is 2.19. The molecule has 1 amide bonds. The monoisotopic (exact) mass is 381 g/mol. The fraction of sp³-hybridized carbons (Fsp3) is 0.435. The average Bonchev–Trinajstić information content (AvgIpc) is 2.70. The maximum atomic E-state index is 12.5. The van der Waals surface area contributed by atoms with E-state index in [0.29, 0.717) is 19.1 Å². The van der Waals surface area contributed by atoms with Gasteiger partial charge in [-0.05, 0) is 29.7 Å². The van der Waals surface area contributed by atoms with Crippen LogP contribution in [0, 0.1) is 0 Å². The summed E-state index contributed by atoms with van der Waals surface area (Å²) >= 11 is 0. The molecule has 150 valence electrons. The minimum atomic E-state index is 0.0639. The largest absolute Gasteiger partial charge is 0.492 e. The van der Waals surface area contributed by atoms with E-state index >= 15 is 0 Å². The van der Waals surface area contributed by atoms with Crippen LogP contribution in [0.3, 0.4) is 0 Å². The molecule has 0 unspecified atom stereocenters. The van der Waals surface area contributed by atoms with Crippen molar-refractivity contribution in [1.29, 1.82) is 0 Å². The van der Waals surface area contributed by atoms with Gasteiger partial charge in [-0.25, -0.2) is 0 Å². The molecule has 1 aliphatic rings. The van der Waals surface area contributed by atoms with E-state index in [1.807, 2.05) is 48.5 Å². The molecule has 3 rings (SSSR count). The standard InChI is InChI=1S/C23H31N3O2/c1-19(2)21-10-6-7-11-22(21)24-23(27)18-26-14-12-25(13-15-26)16-17-28-20-8-4-3-5-9-20/h3-11,19H,12-18H2,1-2H3,(H,24,27). The van der Waals surface area contributed by atoms with Gasteiger partial charge in [0, 0.05) is 38.4 Å². The molecule has 0 spiro atoms. The van der Waals surface area contributed by atoms with Gasteiger partial charge in [0.1, 0.15) is 12.4 Å². The molecule has 0 radical (unpaired) electrons. The first kappa shape index (κ1) is 20.4. The van der Waals surface area contributed by atoms with Crippen molar-refractivity contribution in [1.82, 2.24) is 9.80 Å². The number of ether oxygens (including phenoxy) is 1. The molecule has 5 nitrogen and oxygen atoms in total. The average molecular weight is 382 g/mol. The molecule has 5 heteroatoms. The lowest BCUT2D eigenvalue weighted by molar-refractivity contribution is -0.117. The minimum absolute atomic E-state index is 0.0639. The van der Waals surface area contributed by atoms with E-state index in [1.54, 1.807) is 0 Å². The molecule has 1 saturated heterocycles. The second-order valence-electron chi connectivity index (χ2n) is 7.57. The number of amides is 1. The zero-order valence-corrected chi connectivity index (χ0v) is 16.9. The van der Waals surface area contributed by atoms with E-state index in [4.69, 9.17) is 4.74 Å². The topological polar surface area (TPSA) is 44.8 Å². The first-order valence-electron chi connectivity index (χ1n) is 10.1. The third-order valence-electron chi connectivity index (χ3n) is 5.11. The third-order valence-corrected chi connectivity index (χ3v) is 5.11. The second kappa shape index (κ2) is 10.2. The number of hydrogen-bond donors (Lipinski definition) is 1. The maximum absolute atomic E-state index is 12.5. The summed E-state index contributed by atoms with van der Waals surface area (Å²) in [4.78, 5) is 17.1. The Morgan fingerprint density at radius 3 is 2.32 bits per heavy atom. The molecule has 2 aromatic carbocycles. The number of carbonyl (C=O) groups excluding carboxylic acids is 1. The van der Waals surface area contributed by atoms with Gasteiger partial charge in [-0.1, -0.05) is 50.2 Å². The molecule has 2 aromatic rings. The van der Waals surface area contributed by atoms with E-state index in [1.165, 1.54) is 5.56 Å². The van der Waals surface area contributed by atoms with Crippen LogP contribution in [0.1, 0.15) is 25.3 Å². The third kappa shape index (κ3) is 6.08. The van der Waals surface area contributed by atoms with Crippen LogP contribution < -0.4 is 10.1 Å². The summed E-state index contributed by atoms with van der Waals surface area (Å²) in [5, 5.41) is 3.09. The Kier molecular flexibility index (Phi) is 7.46. The van der Waals surface area contributed by atoms with Gasteiger partial charge in [0.15, 0.2) is 0 Å². The van der Waals surface area contributed by atoms with Crippen LogP contribution in [0.15, 0.2) is 54.6 Å². The van der Waals surface area contributed by atoms with Crippen LogP contribution in [-0.4, -0.2) is 61.6 Å². The second-order valence-corrected chi connectivity index (χ2v) is 7.57. The van der Waals surface area contributed by atoms with Crippen molar-refractivity contribution in [3.63, 3.8) is 0 Å². The predicted molar refractivity (Wildman–Crippen MR) is 114 cm³/mol. The molecule has 0 aliphatic carbocycles. The van der Waals surface area contributed by atoms with Gasteiger partial charge in [-0.3, -0.25) is 14.6 Å². The van der Waals surface area contributed by atoms with Gasteiger partial charge in [-0.2, -0.15) is 0 Å². The van der Waals surface area contributed by atoms with Crippen molar-refractivity contribution >= 4 is 11.6 Å². The van der Waals surface area contributed by atoms with Crippen molar-refractivity contribution in [2.24, 2.45) is 0 Å². The van der Waals surface area contributed by atoms with E-state index in [2.05, 4.69) is 35.0 Å². The number of carbonyl (C=O) groups is 1. The predicted octanol–water partition coefficient (Wildman–Crippen LogP) is 3.45. The molecule has 0 bridgehead atoms. The molecule has 0 aromatic heterocycles. The minimum Gasteiger partial charge on any atom is -0.492 e. The molecule has 1 heterocycles. The van der Waals surface area contributed by atoms with Crippen LogP contribution >= 0.6 is 0 Å². The van der Waals surface area contributed by atoms with Crippen molar-refractivity contribution in [2.75, 3.05) is 51.2 Å². The quantitative estimate of drug-likeness (QED) is 0.761. The van der Waals surface area contributed by atoms with E-state index in [9.17, 15) is 4.79 Å². The number of hydrogen-bond acceptors (Lipinski definition) is 4. The number of rotatable bonds is 8. The van der Waals surface area contributed by atoms with Gasteiger partial charge in [0.05, 0.1) is 6.54 Å². The lowest BCUT2D eigenvalue weighted by Gasteiger charge is -2.34. The molecule has 0 saturated carbocycles. The van der Waals surface area contributed by atoms with Gasteiger partial charge in [0.25, 0.3) is 0 Å². The summed E-state index contributed by atoms with van der Waals surface area (Å²) in [6.45, 7) is 10.1. The highest BCUT2D eigenvalue weighted by atomic mass is 16.5. The van der Waals surface area contributed by atoms with Crippen LogP contribution in [0.25, 0.3) is 0 Å². The number of benzene rings is 2. The maximum Gasteiger partial charge on any atom is 0.238 e. The Labute approximate surface area is 168 Å². The van der Waals surface area contributed by atoms with Crippen LogP contribution in [0.4, 0.5) is 5.69 Å². The summed E-state index contributed by atoms with van der Waals surface area (Å²) in [5.74, 6) is 1.37. The van der Waals surface area contributed by atoms with Gasteiger partial charge in [-0.15, -0.1) is 0 Å². The lowest BCUT2D eigenvalue weighted by Crippen LogP contribution is -2.49. The fourth-order valence-corrected chi connectivity index (χ4v) is 3.49. The van der Waals surface area contributed by atoms with Gasteiger partial charge < -0.3 is 10.1 Å². The number of anilines is 1. The SMILES string of the molecule is CC(C)c1ccccc1NC(=O)CN1CCN(CCOc2ccccc2)CC1. The van der Waals surface area contributed by atoms with E-state index in [0.717, 1.165) is 44.2 Å². The lowest BCUT2D eigenvalue weighted by atomic mass is 10.0. The Balaban J connectivity index is 1.38. The Bertz CT molecular complexity index is 741. The number of nitrogens with one attached hydrogen (secondary N) is 1. The van der Waals surface area contributed by atoms with Crippen molar-refractivity contribution in [3.8, 4) is 5.75 Å². The van der Waals surface area contributed by atoms with Crippen LogP contribution in [-0.2, 0) is 4.79 Å². The highest BCUT2D eigenvalue weighted by Crippen LogP contribution is 2.23. The molecule has 1 aliphatic heterocycles. The Morgan fingerprint density at radius 1 is 0.964 bits per heavy atom. The smallest absolute Gasteiger partial charge is 0.238 e. The molecular formula is C23H31N3O2. The number of para-hydroxylation sites is 2. The fourth-order valence-electron chi connectivity index (χ4n) is 3.49. The van der Waals surface area contributed by atoms with Crippen LogP contribution in [0.2, 0.25) is 0 Å². The summed E-state index contributed by atoms with van der Waals surface area (Å²) in [6, 6.07) is 18.0. The zero-order chi connectivity index (χ0) is 19.8. The van der Waals surface area contributed by atoms with Crippen molar-refractivity contribution in [3.05, 3.63) is 60.2 Å². The first-order chi connectivity index (χ1) is 13.6. The molecular weight excluding hydrogens is 350 g/mol. The van der Waals surface area contributed by atoms with Gasteiger partial charge >= 0.3 is 0 Å². The van der Waals surface area contributed by atoms with E-state index in [-0.39, 0.29) is 5.91 Å². The molecule has 0 atom stereocenters. The Morgan fingerprint density at radius 2 is 1.61 bits per heavy atom. The van der Waals surface area contributed by atoms with E-state index < -0.39 is 0 Å².